The summed E-state index contributed by atoms with van der Waals surface area (Å²) >= 11 is 0. The minimum atomic E-state index is -3.37. The third kappa shape index (κ3) is 6.37. The van der Waals surface area contributed by atoms with Crippen molar-refractivity contribution in [1.82, 2.24) is 4.98 Å². The fraction of sp³-hybridized carbons (Fsp3) is 0.200. The van der Waals surface area contributed by atoms with E-state index in [9.17, 15) is 13.2 Å². The average Bonchev–Trinajstić information content (AvgIpc) is 2.99. The van der Waals surface area contributed by atoms with Gasteiger partial charge in [0.05, 0.1) is 17.0 Å². The molecule has 0 atom stereocenters. The Morgan fingerprint density at radius 2 is 1.62 bits per heavy atom. The Balaban J connectivity index is 1.55. The maximum atomic E-state index is 13.6. The van der Waals surface area contributed by atoms with Crippen LogP contribution in [0.4, 0.5) is 16.2 Å². The second-order valence-corrected chi connectivity index (χ2v) is 13.2. The number of fused-ring (bicyclic) bond motifs is 1. The van der Waals surface area contributed by atoms with E-state index in [0.29, 0.717) is 11.4 Å². The number of para-hydroxylation sites is 1. The van der Waals surface area contributed by atoms with Crippen molar-refractivity contribution in [3.63, 3.8) is 0 Å². The summed E-state index contributed by atoms with van der Waals surface area (Å²) in [6.45, 7) is 6.98. The van der Waals surface area contributed by atoms with E-state index in [0.717, 1.165) is 34.0 Å². The number of amides is 2. The molecule has 5 aromatic rings. The SMILES string of the molecule is CCC(C)(C)c1cc(-c2cccc(CN(C(=O)Nc3ccccc3)c3ccc(S(C)(=O)=O)cc3)c2)c2ncccc2c1. The molecule has 0 aliphatic rings. The van der Waals surface area contributed by atoms with Crippen LogP contribution in [-0.2, 0) is 21.8 Å². The number of rotatable bonds is 8. The van der Waals surface area contributed by atoms with Crippen molar-refractivity contribution in [1.29, 1.82) is 0 Å². The van der Waals surface area contributed by atoms with E-state index in [1.54, 1.807) is 17.0 Å². The van der Waals surface area contributed by atoms with E-state index < -0.39 is 9.84 Å². The van der Waals surface area contributed by atoms with Crippen LogP contribution in [0.25, 0.3) is 22.0 Å². The van der Waals surface area contributed by atoms with Gasteiger partial charge in [0.2, 0.25) is 0 Å². The van der Waals surface area contributed by atoms with Crippen LogP contribution in [-0.4, -0.2) is 25.7 Å². The van der Waals surface area contributed by atoms with Crippen molar-refractivity contribution in [3.8, 4) is 11.1 Å². The number of carbonyl (C=O) groups is 1. The van der Waals surface area contributed by atoms with Crippen LogP contribution in [0.2, 0.25) is 0 Å². The summed E-state index contributed by atoms with van der Waals surface area (Å²) in [4.78, 5) is 20.1. The van der Waals surface area contributed by atoms with E-state index >= 15 is 0 Å². The molecule has 1 N–H and O–H groups in total. The number of carbonyl (C=O) groups excluding carboxylic acids is 1. The van der Waals surface area contributed by atoms with Crippen molar-refractivity contribution in [2.24, 2.45) is 0 Å². The lowest BCUT2D eigenvalue weighted by molar-refractivity contribution is 0.256. The number of hydrogen-bond acceptors (Lipinski definition) is 4. The summed E-state index contributed by atoms with van der Waals surface area (Å²) in [6, 6.07) is 32.0. The highest BCUT2D eigenvalue weighted by atomic mass is 32.2. The Morgan fingerprint density at radius 3 is 2.31 bits per heavy atom. The molecule has 214 valence electrons. The third-order valence-electron chi connectivity index (χ3n) is 7.80. The average molecular weight is 578 g/mol. The molecule has 5 rings (SSSR count). The Kier molecular flexibility index (Phi) is 8.14. The lowest BCUT2D eigenvalue weighted by Gasteiger charge is -2.25. The zero-order valence-corrected chi connectivity index (χ0v) is 25.2. The number of hydrogen-bond donors (Lipinski definition) is 1. The number of pyridine rings is 1. The van der Waals surface area contributed by atoms with Crippen molar-refractivity contribution in [2.75, 3.05) is 16.5 Å². The van der Waals surface area contributed by atoms with Gasteiger partial charge in [0.25, 0.3) is 0 Å². The van der Waals surface area contributed by atoms with Crippen molar-refractivity contribution in [2.45, 2.75) is 44.0 Å². The van der Waals surface area contributed by atoms with Gasteiger partial charge in [0, 0.05) is 34.8 Å². The Morgan fingerprint density at radius 1 is 0.881 bits per heavy atom. The van der Waals surface area contributed by atoms with Gasteiger partial charge in [-0.2, -0.15) is 0 Å². The van der Waals surface area contributed by atoms with Gasteiger partial charge < -0.3 is 5.32 Å². The normalized spacial score (nSPS) is 11.8. The smallest absolute Gasteiger partial charge is 0.308 e. The molecule has 0 saturated heterocycles. The molecule has 0 bridgehead atoms. The monoisotopic (exact) mass is 577 g/mol. The fourth-order valence-electron chi connectivity index (χ4n) is 4.89. The third-order valence-corrected chi connectivity index (χ3v) is 8.92. The summed E-state index contributed by atoms with van der Waals surface area (Å²) in [6.07, 6.45) is 3.99. The Labute approximate surface area is 248 Å². The van der Waals surface area contributed by atoms with Gasteiger partial charge >= 0.3 is 6.03 Å². The molecule has 6 nitrogen and oxygen atoms in total. The van der Waals surface area contributed by atoms with Crippen LogP contribution < -0.4 is 10.2 Å². The number of nitrogens with one attached hydrogen (secondary N) is 1. The van der Waals surface area contributed by atoms with Gasteiger partial charge in [0.1, 0.15) is 0 Å². The number of sulfone groups is 1. The molecular weight excluding hydrogens is 542 g/mol. The molecular formula is C35H35N3O3S. The predicted octanol–water partition coefficient (Wildman–Crippen LogP) is 8.23. The molecule has 0 unspecified atom stereocenters. The van der Waals surface area contributed by atoms with E-state index in [1.165, 1.54) is 24.0 Å². The van der Waals surface area contributed by atoms with Gasteiger partial charge in [-0.05, 0) is 89.2 Å². The zero-order chi connectivity index (χ0) is 29.9. The molecule has 42 heavy (non-hydrogen) atoms. The number of benzene rings is 4. The quantitative estimate of drug-likeness (QED) is 0.201. The Bertz CT molecular complexity index is 1830. The molecule has 0 aliphatic carbocycles. The van der Waals surface area contributed by atoms with Gasteiger partial charge in [-0.1, -0.05) is 63.2 Å². The van der Waals surface area contributed by atoms with E-state index in [2.05, 4.69) is 56.4 Å². The van der Waals surface area contributed by atoms with Crippen molar-refractivity contribution in [3.05, 3.63) is 120 Å². The van der Waals surface area contributed by atoms with Crippen LogP contribution in [0.3, 0.4) is 0 Å². The minimum absolute atomic E-state index is 0.000843. The molecule has 0 saturated carbocycles. The maximum Gasteiger partial charge on any atom is 0.326 e. The molecule has 2 amide bonds. The van der Waals surface area contributed by atoms with Crippen molar-refractivity contribution >= 4 is 38.1 Å². The highest BCUT2D eigenvalue weighted by Crippen LogP contribution is 2.36. The number of aromatic nitrogens is 1. The first-order valence-electron chi connectivity index (χ1n) is 14.0. The van der Waals surface area contributed by atoms with Gasteiger partial charge in [-0.15, -0.1) is 0 Å². The first kappa shape index (κ1) is 29.0. The molecule has 0 aliphatic heterocycles. The molecule has 1 heterocycles. The van der Waals surface area contributed by atoms with Gasteiger partial charge in [-0.3, -0.25) is 9.88 Å². The summed E-state index contributed by atoms with van der Waals surface area (Å²) in [5.74, 6) is 0. The van der Waals surface area contributed by atoms with Gasteiger partial charge in [-0.25, -0.2) is 13.2 Å². The van der Waals surface area contributed by atoms with Crippen LogP contribution in [0.5, 0.6) is 0 Å². The number of nitrogens with zero attached hydrogens (tertiary/aromatic N) is 2. The van der Waals surface area contributed by atoms with Crippen molar-refractivity contribution < 1.29 is 13.2 Å². The predicted molar refractivity (Wildman–Crippen MR) is 172 cm³/mol. The highest BCUT2D eigenvalue weighted by molar-refractivity contribution is 7.90. The summed E-state index contributed by atoms with van der Waals surface area (Å²) in [5, 5.41) is 4.05. The Hall–Kier alpha value is -4.49. The largest absolute Gasteiger partial charge is 0.326 e. The van der Waals surface area contributed by atoms with Crippen LogP contribution in [0.1, 0.15) is 38.3 Å². The summed E-state index contributed by atoms with van der Waals surface area (Å²) < 4.78 is 24.1. The summed E-state index contributed by atoms with van der Waals surface area (Å²) in [7, 11) is -3.37. The van der Waals surface area contributed by atoms with Crippen LogP contribution >= 0.6 is 0 Å². The molecule has 0 fully saturated rings. The molecule has 0 spiro atoms. The standard InChI is InChI=1S/C35H35N3O3S/c1-5-35(2,3)28-22-27-13-10-20-36-33(27)32(23-28)26-12-9-11-25(21-26)24-38(34(39)37-29-14-7-6-8-15-29)30-16-18-31(19-17-30)42(4,40)41/h6-23H,5,24H2,1-4H3,(H,37,39). The topological polar surface area (TPSA) is 79.4 Å². The van der Waals surface area contributed by atoms with Gasteiger partial charge in [0.15, 0.2) is 9.84 Å². The molecule has 1 aromatic heterocycles. The van der Waals surface area contributed by atoms with Crippen LogP contribution in [0, 0.1) is 0 Å². The second-order valence-electron chi connectivity index (χ2n) is 11.2. The molecule has 7 heteroatoms. The second kappa shape index (κ2) is 11.8. The highest BCUT2D eigenvalue weighted by Gasteiger charge is 2.22. The summed E-state index contributed by atoms with van der Waals surface area (Å²) in [5.41, 5.74) is 6.42. The van der Waals surface area contributed by atoms with E-state index in [1.807, 2.05) is 54.7 Å². The lowest BCUT2D eigenvalue weighted by atomic mass is 9.80. The fourth-order valence-corrected chi connectivity index (χ4v) is 5.52. The van der Waals surface area contributed by atoms with E-state index in [4.69, 9.17) is 4.98 Å². The zero-order valence-electron chi connectivity index (χ0n) is 24.3. The number of anilines is 2. The molecule has 0 radical (unpaired) electrons. The molecule has 4 aromatic carbocycles. The lowest BCUT2D eigenvalue weighted by Crippen LogP contribution is -2.34. The first-order chi connectivity index (χ1) is 20.0. The number of urea groups is 1. The van der Waals surface area contributed by atoms with E-state index in [-0.39, 0.29) is 22.9 Å². The first-order valence-corrected chi connectivity index (χ1v) is 15.9. The maximum absolute atomic E-state index is 13.6. The van der Waals surface area contributed by atoms with Crippen LogP contribution in [0.15, 0.2) is 114 Å². The minimum Gasteiger partial charge on any atom is -0.308 e.